The maximum atomic E-state index is 8.97. The standard InChI is InChI=1S/C13H20N2O2S/c1-9(6-16)7-18-8-11-5-10(13(14)15)3-4-12(11)17-2/h3-5,9,16H,6-8H2,1-2H3,(H3,14,15). The molecular formula is C13H20N2O2S. The van der Waals surface area contributed by atoms with Crippen LogP contribution in [-0.2, 0) is 5.75 Å². The van der Waals surface area contributed by atoms with E-state index in [0.29, 0.717) is 5.56 Å². The highest BCUT2D eigenvalue weighted by Gasteiger charge is 2.07. The van der Waals surface area contributed by atoms with E-state index in [1.165, 1.54) is 0 Å². The molecule has 0 heterocycles. The topological polar surface area (TPSA) is 79.3 Å². The number of rotatable bonds is 7. The van der Waals surface area contributed by atoms with Crippen molar-refractivity contribution in [3.05, 3.63) is 29.3 Å². The van der Waals surface area contributed by atoms with Gasteiger partial charge in [0.05, 0.1) is 7.11 Å². The van der Waals surface area contributed by atoms with Gasteiger partial charge in [-0.15, -0.1) is 0 Å². The molecule has 1 rings (SSSR count). The van der Waals surface area contributed by atoms with Crippen LogP contribution in [-0.4, -0.2) is 30.4 Å². The van der Waals surface area contributed by atoms with E-state index < -0.39 is 0 Å². The molecule has 4 N–H and O–H groups in total. The number of nitrogens with two attached hydrogens (primary N) is 1. The van der Waals surface area contributed by atoms with Crippen molar-refractivity contribution >= 4 is 17.6 Å². The van der Waals surface area contributed by atoms with Crippen molar-refractivity contribution in [3.63, 3.8) is 0 Å². The Bertz CT molecular complexity index is 410. The fourth-order valence-corrected chi connectivity index (χ4v) is 2.55. The van der Waals surface area contributed by atoms with Crippen molar-refractivity contribution in [3.8, 4) is 5.75 Å². The molecule has 0 spiro atoms. The van der Waals surface area contributed by atoms with Crippen LogP contribution in [0.25, 0.3) is 0 Å². The van der Waals surface area contributed by atoms with Gasteiger partial charge < -0.3 is 15.6 Å². The van der Waals surface area contributed by atoms with Crippen LogP contribution in [0, 0.1) is 11.3 Å². The molecule has 1 atom stereocenters. The molecule has 0 amide bonds. The molecule has 0 fully saturated rings. The van der Waals surface area contributed by atoms with Gasteiger partial charge in [-0.05, 0) is 29.9 Å². The molecular weight excluding hydrogens is 248 g/mol. The van der Waals surface area contributed by atoms with Gasteiger partial charge in [0.1, 0.15) is 11.6 Å². The number of thioether (sulfide) groups is 1. The lowest BCUT2D eigenvalue weighted by atomic mass is 10.1. The van der Waals surface area contributed by atoms with Crippen LogP contribution in [0.4, 0.5) is 0 Å². The lowest BCUT2D eigenvalue weighted by Crippen LogP contribution is -2.11. The van der Waals surface area contributed by atoms with Crippen molar-refractivity contribution in [1.82, 2.24) is 0 Å². The Labute approximate surface area is 112 Å². The second kappa shape index (κ2) is 7.28. The fraction of sp³-hybridized carbons (Fsp3) is 0.462. The third-order valence-electron chi connectivity index (χ3n) is 2.56. The smallest absolute Gasteiger partial charge is 0.122 e. The first-order valence-electron chi connectivity index (χ1n) is 5.78. The Morgan fingerprint density at radius 3 is 2.83 bits per heavy atom. The van der Waals surface area contributed by atoms with Crippen LogP contribution in [0.5, 0.6) is 5.75 Å². The molecule has 0 aromatic heterocycles. The number of ether oxygens (including phenoxy) is 1. The summed E-state index contributed by atoms with van der Waals surface area (Å²) in [4.78, 5) is 0. The zero-order valence-electron chi connectivity index (χ0n) is 10.8. The van der Waals surface area contributed by atoms with Crippen molar-refractivity contribution in [2.75, 3.05) is 19.5 Å². The highest BCUT2D eigenvalue weighted by Crippen LogP contribution is 2.25. The second-order valence-corrected chi connectivity index (χ2v) is 5.27. The molecule has 4 nitrogen and oxygen atoms in total. The van der Waals surface area contributed by atoms with E-state index in [-0.39, 0.29) is 18.4 Å². The van der Waals surface area contributed by atoms with Gasteiger partial charge >= 0.3 is 0 Å². The lowest BCUT2D eigenvalue weighted by molar-refractivity contribution is 0.250. The molecule has 18 heavy (non-hydrogen) atoms. The highest BCUT2D eigenvalue weighted by atomic mass is 32.2. The molecule has 0 aliphatic heterocycles. The Balaban J connectivity index is 2.72. The van der Waals surface area contributed by atoms with Crippen molar-refractivity contribution in [1.29, 1.82) is 5.41 Å². The molecule has 100 valence electrons. The third kappa shape index (κ3) is 4.23. The first kappa shape index (κ1) is 14.9. The fourth-order valence-electron chi connectivity index (χ4n) is 1.48. The molecule has 0 aliphatic rings. The van der Waals surface area contributed by atoms with E-state index >= 15 is 0 Å². The Hall–Kier alpha value is -1.20. The first-order chi connectivity index (χ1) is 8.58. The summed E-state index contributed by atoms with van der Waals surface area (Å²) in [7, 11) is 1.63. The predicted octanol–water partition coefficient (Wildman–Crippen LogP) is 1.84. The predicted molar refractivity (Wildman–Crippen MR) is 76.4 cm³/mol. The van der Waals surface area contributed by atoms with Crippen molar-refractivity contribution in [2.24, 2.45) is 11.7 Å². The van der Waals surface area contributed by atoms with Gasteiger partial charge in [-0.3, -0.25) is 5.41 Å². The summed E-state index contributed by atoms with van der Waals surface area (Å²) in [5, 5.41) is 16.4. The summed E-state index contributed by atoms with van der Waals surface area (Å²) in [5.41, 5.74) is 7.21. The molecule has 5 heteroatoms. The van der Waals surface area contributed by atoms with E-state index in [1.807, 2.05) is 19.1 Å². The minimum Gasteiger partial charge on any atom is -0.496 e. The maximum Gasteiger partial charge on any atom is 0.122 e. The molecule has 1 aromatic rings. The van der Waals surface area contributed by atoms with Crippen LogP contribution in [0.3, 0.4) is 0 Å². The summed E-state index contributed by atoms with van der Waals surface area (Å²) < 4.78 is 5.29. The number of methoxy groups -OCH3 is 1. The number of amidine groups is 1. The molecule has 0 aliphatic carbocycles. The van der Waals surface area contributed by atoms with Crippen LogP contribution in [0.1, 0.15) is 18.1 Å². The molecule has 0 saturated carbocycles. The summed E-state index contributed by atoms with van der Waals surface area (Å²) in [6, 6.07) is 5.51. The van der Waals surface area contributed by atoms with Crippen LogP contribution >= 0.6 is 11.8 Å². The van der Waals surface area contributed by atoms with Crippen LogP contribution < -0.4 is 10.5 Å². The normalized spacial score (nSPS) is 12.2. The molecule has 0 radical (unpaired) electrons. The summed E-state index contributed by atoms with van der Waals surface area (Å²) in [5.74, 6) is 2.84. The highest BCUT2D eigenvalue weighted by molar-refractivity contribution is 7.98. The number of aliphatic hydroxyl groups is 1. The average Bonchev–Trinajstić information content (AvgIpc) is 2.38. The van der Waals surface area contributed by atoms with Crippen LogP contribution in [0.2, 0.25) is 0 Å². The summed E-state index contributed by atoms with van der Waals surface area (Å²) in [6.45, 7) is 2.22. The summed E-state index contributed by atoms with van der Waals surface area (Å²) in [6.07, 6.45) is 0. The van der Waals surface area contributed by atoms with Gasteiger partial charge in [0, 0.05) is 23.5 Å². The molecule has 0 saturated heterocycles. The minimum absolute atomic E-state index is 0.0626. The Kier molecular flexibility index (Phi) is 6.01. The zero-order valence-corrected chi connectivity index (χ0v) is 11.6. The minimum atomic E-state index is 0.0626. The van der Waals surface area contributed by atoms with E-state index in [4.69, 9.17) is 21.0 Å². The number of nitrogens with one attached hydrogen (secondary N) is 1. The third-order valence-corrected chi connectivity index (χ3v) is 3.88. The Morgan fingerprint density at radius 1 is 1.56 bits per heavy atom. The number of nitrogen functional groups attached to an aromatic ring is 1. The number of aliphatic hydroxyl groups excluding tert-OH is 1. The van der Waals surface area contributed by atoms with Crippen LogP contribution in [0.15, 0.2) is 18.2 Å². The van der Waals surface area contributed by atoms with Gasteiger partial charge in [-0.1, -0.05) is 6.92 Å². The lowest BCUT2D eigenvalue weighted by Gasteiger charge is -2.11. The first-order valence-corrected chi connectivity index (χ1v) is 6.93. The van der Waals surface area contributed by atoms with E-state index in [2.05, 4.69) is 0 Å². The Morgan fingerprint density at radius 2 is 2.28 bits per heavy atom. The second-order valence-electron chi connectivity index (χ2n) is 4.24. The van der Waals surface area contributed by atoms with Gasteiger partial charge in [-0.25, -0.2) is 0 Å². The van der Waals surface area contributed by atoms with Gasteiger partial charge in [0.15, 0.2) is 0 Å². The van der Waals surface area contributed by atoms with E-state index in [1.54, 1.807) is 24.9 Å². The quantitative estimate of drug-likeness (QED) is 0.521. The van der Waals surface area contributed by atoms with Crippen molar-refractivity contribution < 1.29 is 9.84 Å². The van der Waals surface area contributed by atoms with Gasteiger partial charge in [0.2, 0.25) is 0 Å². The molecule has 1 aromatic carbocycles. The largest absolute Gasteiger partial charge is 0.496 e. The van der Waals surface area contributed by atoms with Gasteiger partial charge in [-0.2, -0.15) is 11.8 Å². The number of hydrogen-bond acceptors (Lipinski definition) is 4. The number of hydrogen-bond donors (Lipinski definition) is 3. The van der Waals surface area contributed by atoms with Gasteiger partial charge in [0.25, 0.3) is 0 Å². The van der Waals surface area contributed by atoms with Crippen molar-refractivity contribution in [2.45, 2.75) is 12.7 Å². The van der Waals surface area contributed by atoms with E-state index in [9.17, 15) is 0 Å². The average molecular weight is 268 g/mol. The summed E-state index contributed by atoms with van der Waals surface area (Å²) >= 11 is 1.74. The molecule has 0 bridgehead atoms. The maximum absolute atomic E-state index is 8.97. The zero-order chi connectivity index (χ0) is 13.5. The number of benzene rings is 1. The molecule has 1 unspecified atom stereocenters. The SMILES string of the molecule is COc1ccc(C(=N)N)cc1CSCC(C)CO. The monoisotopic (exact) mass is 268 g/mol. The van der Waals surface area contributed by atoms with E-state index in [0.717, 1.165) is 22.8 Å².